The molecule has 0 bridgehead atoms. The third-order valence-electron chi connectivity index (χ3n) is 4.80. The summed E-state index contributed by atoms with van der Waals surface area (Å²) in [6, 6.07) is 15.2. The van der Waals surface area contributed by atoms with Crippen LogP contribution in [0.1, 0.15) is 24.5 Å². The zero-order valence-corrected chi connectivity index (χ0v) is 18.0. The molecule has 0 saturated carbocycles. The number of rotatable bonds is 7. The van der Waals surface area contributed by atoms with E-state index in [1.165, 1.54) is 19.1 Å². The van der Waals surface area contributed by atoms with Gasteiger partial charge in [0.15, 0.2) is 0 Å². The maximum Gasteiger partial charge on any atom is 0.324 e. The van der Waals surface area contributed by atoms with E-state index in [4.69, 9.17) is 11.6 Å². The van der Waals surface area contributed by atoms with Crippen LogP contribution in [0.5, 0.6) is 0 Å². The molecule has 0 unspecified atom stereocenters. The average molecular weight is 444 g/mol. The summed E-state index contributed by atoms with van der Waals surface area (Å²) in [4.78, 5) is 11.9. The lowest BCUT2D eigenvalue weighted by atomic mass is 9.94. The third kappa shape index (κ3) is 5.27. The van der Waals surface area contributed by atoms with Crippen LogP contribution in [0.3, 0.4) is 0 Å². The highest BCUT2D eigenvalue weighted by Gasteiger charge is 2.38. The summed E-state index contributed by atoms with van der Waals surface area (Å²) in [5, 5.41) is 10.4. The van der Waals surface area contributed by atoms with Gasteiger partial charge in [-0.05, 0) is 48.3 Å². The van der Waals surface area contributed by atoms with Gasteiger partial charge in [-0.3, -0.25) is 4.79 Å². The Morgan fingerprint density at radius 1 is 1.07 bits per heavy atom. The summed E-state index contributed by atoms with van der Waals surface area (Å²) in [6.45, 7) is 1.37. The van der Waals surface area contributed by atoms with Gasteiger partial charge in [0, 0.05) is 11.5 Å². The molecule has 2 aromatic rings. The Morgan fingerprint density at radius 2 is 1.73 bits per heavy atom. The summed E-state index contributed by atoms with van der Waals surface area (Å²) < 4.78 is 28.2. The van der Waals surface area contributed by atoms with Gasteiger partial charge < -0.3 is 5.11 Å². The molecule has 3 rings (SSSR count). The molecule has 7 heteroatoms. The van der Waals surface area contributed by atoms with Gasteiger partial charge in [-0.2, -0.15) is 4.72 Å². The number of sulfonamides is 1. The van der Waals surface area contributed by atoms with E-state index in [1.54, 1.807) is 42.5 Å². The Labute approximate surface area is 181 Å². The molecule has 0 aromatic heterocycles. The van der Waals surface area contributed by atoms with Crippen LogP contribution in [-0.2, 0) is 21.2 Å². The lowest BCUT2D eigenvalue weighted by Crippen LogP contribution is -2.53. The number of benzene rings is 2. The van der Waals surface area contributed by atoms with Crippen LogP contribution >= 0.6 is 11.6 Å². The molecule has 0 fully saturated rings. The van der Waals surface area contributed by atoms with Gasteiger partial charge in [-0.15, -0.1) is 0 Å². The van der Waals surface area contributed by atoms with Gasteiger partial charge in [-0.25, -0.2) is 8.42 Å². The van der Waals surface area contributed by atoms with E-state index < -0.39 is 21.5 Å². The SMILES string of the molecule is C[C@@](Cc1ccccc1)(NS(=O)(=O)c1ccc(C2=CCC=C(Cl)C=C2)cc1)C(=O)O. The lowest BCUT2D eigenvalue weighted by molar-refractivity contribution is -0.143. The third-order valence-corrected chi connectivity index (χ3v) is 6.70. The van der Waals surface area contributed by atoms with E-state index >= 15 is 0 Å². The highest BCUT2D eigenvalue weighted by Crippen LogP contribution is 2.24. The molecular formula is C23H22ClNO4S. The fourth-order valence-electron chi connectivity index (χ4n) is 3.16. The van der Waals surface area contributed by atoms with Gasteiger partial charge in [0.1, 0.15) is 5.54 Å². The smallest absolute Gasteiger partial charge is 0.324 e. The molecule has 0 heterocycles. The first kappa shape index (κ1) is 22.0. The van der Waals surface area contributed by atoms with Crippen molar-refractivity contribution >= 4 is 33.2 Å². The van der Waals surface area contributed by atoms with Crippen LogP contribution in [-0.4, -0.2) is 25.0 Å². The van der Waals surface area contributed by atoms with Crippen molar-refractivity contribution in [3.8, 4) is 0 Å². The fourth-order valence-corrected chi connectivity index (χ4v) is 4.68. The van der Waals surface area contributed by atoms with Gasteiger partial charge in [0.25, 0.3) is 0 Å². The van der Waals surface area contributed by atoms with Crippen molar-refractivity contribution in [3.63, 3.8) is 0 Å². The Balaban J connectivity index is 1.83. The number of hydrogen-bond donors (Lipinski definition) is 2. The van der Waals surface area contributed by atoms with Gasteiger partial charge in [0.2, 0.25) is 10.0 Å². The van der Waals surface area contributed by atoms with E-state index in [2.05, 4.69) is 4.72 Å². The molecule has 1 aliphatic carbocycles. The van der Waals surface area contributed by atoms with Crippen molar-refractivity contribution in [1.29, 1.82) is 0 Å². The first-order valence-electron chi connectivity index (χ1n) is 9.35. The summed E-state index contributed by atoms with van der Waals surface area (Å²) in [5.41, 5.74) is 0.807. The van der Waals surface area contributed by atoms with Crippen molar-refractivity contribution in [2.45, 2.75) is 30.2 Å². The van der Waals surface area contributed by atoms with Gasteiger partial charge in [0.05, 0.1) is 4.90 Å². The minimum atomic E-state index is -4.05. The molecule has 1 aliphatic rings. The molecule has 0 amide bonds. The second-order valence-corrected chi connectivity index (χ2v) is 9.37. The lowest BCUT2D eigenvalue weighted by Gasteiger charge is -2.26. The van der Waals surface area contributed by atoms with Crippen molar-refractivity contribution in [3.05, 3.63) is 95.1 Å². The number of nitrogens with one attached hydrogen (secondary N) is 1. The van der Waals surface area contributed by atoms with Crippen LogP contribution in [0.25, 0.3) is 5.57 Å². The van der Waals surface area contributed by atoms with E-state index in [-0.39, 0.29) is 11.3 Å². The zero-order chi connectivity index (χ0) is 21.8. The highest BCUT2D eigenvalue weighted by molar-refractivity contribution is 7.89. The minimum absolute atomic E-state index is 0.00106. The van der Waals surface area contributed by atoms with Crippen molar-refractivity contribution in [1.82, 2.24) is 4.72 Å². The van der Waals surface area contributed by atoms with Gasteiger partial charge in [-0.1, -0.05) is 72.3 Å². The monoisotopic (exact) mass is 443 g/mol. The minimum Gasteiger partial charge on any atom is -0.480 e. The number of allylic oxidation sites excluding steroid dienone is 6. The number of hydrogen-bond acceptors (Lipinski definition) is 3. The molecule has 30 heavy (non-hydrogen) atoms. The molecule has 0 aliphatic heterocycles. The predicted octanol–water partition coefficient (Wildman–Crippen LogP) is 4.52. The summed E-state index contributed by atoms with van der Waals surface area (Å²) in [5.74, 6) is -1.25. The molecule has 1 atom stereocenters. The normalized spacial score (nSPS) is 16.2. The number of halogens is 1. The Bertz CT molecular complexity index is 1120. The molecular weight excluding hydrogens is 422 g/mol. The number of carboxylic acid groups (broad SMARTS) is 1. The van der Waals surface area contributed by atoms with Crippen LogP contribution in [0, 0.1) is 0 Å². The Kier molecular flexibility index (Phi) is 6.61. The molecule has 156 valence electrons. The molecule has 5 nitrogen and oxygen atoms in total. The molecule has 0 saturated heterocycles. The quantitative estimate of drug-likeness (QED) is 0.659. The largest absolute Gasteiger partial charge is 0.480 e. The van der Waals surface area contributed by atoms with E-state index in [0.717, 1.165) is 16.7 Å². The highest BCUT2D eigenvalue weighted by atomic mass is 35.5. The maximum atomic E-state index is 12.9. The standard InChI is InChI=1S/C23H22ClNO4S/c1-23(22(26)27,16-17-6-3-2-4-7-17)25-30(28,29)21-14-11-19(12-15-21)18-8-5-9-20(24)13-10-18/h2-4,6-15,25H,5,16H2,1H3,(H,26,27)/t23-/m0/s1. The molecule has 0 spiro atoms. The predicted molar refractivity (Wildman–Crippen MR) is 119 cm³/mol. The number of aliphatic carboxylic acids is 1. The summed E-state index contributed by atoms with van der Waals surface area (Å²) in [6.07, 6.45) is 8.23. The second kappa shape index (κ2) is 9.00. The van der Waals surface area contributed by atoms with Crippen molar-refractivity contribution in [2.75, 3.05) is 0 Å². The van der Waals surface area contributed by atoms with Crippen molar-refractivity contribution < 1.29 is 18.3 Å². The summed E-state index contributed by atoms with van der Waals surface area (Å²) >= 11 is 6.01. The van der Waals surface area contributed by atoms with E-state index in [1.807, 2.05) is 24.3 Å². The van der Waals surface area contributed by atoms with Crippen molar-refractivity contribution in [2.24, 2.45) is 0 Å². The average Bonchev–Trinajstić information content (AvgIpc) is 2.93. The molecule has 0 radical (unpaired) electrons. The second-order valence-electron chi connectivity index (χ2n) is 7.25. The molecule has 2 aromatic carbocycles. The van der Waals surface area contributed by atoms with Crippen LogP contribution in [0.4, 0.5) is 0 Å². The van der Waals surface area contributed by atoms with Gasteiger partial charge >= 0.3 is 5.97 Å². The topological polar surface area (TPSA) is 83.5 Å². The summed E-state index contributed by atoms with van der Waals surface area (Å²) in [7, 11) is -4.05. The molecule has 2 N–H and O–H groups in total. The zero-order valence-electron chi connectivity index (χ0n) is 16.4. The Morgan fingerprint density at radius 3 is 2.37 bits per heavy atom. The van der Waals surface area contributed by atoms with E-state index in [0.29, 0.717) is 11.5 Å². The fraction of sp³-hybridized carbons (Fsp3) is 0.174. The first-order chi connectivity index (χ1) is 14.2. The first-order valence-corrected chi connectivity index (χ1v) is 11.2. The van der Waals surface area contributed by atoms with Crippen LogP contribution < -0.4 is 4.72 Å². The Hall–Kier alpha value is -2.67. The van der Waals surface area contributed by atoms with Crippen LogP contribution in [0.2, 0.25) is 0 Å². The number of carboxylic acids is 1. The number of carbonyl (C=O) groups is 1. The maximum absolute atomic E-state index is 12.9. The van der Waals surface area contributed by atoms with Crippen LogP contribution in [0.15, 0.2) is 88.8 Å². The van der Waals surface area contributed by atoms with E-state index in [9.17, 15) is 18.3 Å².